The van der Waals surface area contributed by atoms with E-state index in [0.717, 1.165) is 36.1 Å². The quantitative estimate of drug-likeness (QED) is 0.285. The maximum Gasteiger partial charge on any atom is 0.207 e. The minimum Gasteiger partial charge on any atom is -0.457 e. The largest absolute Gasteiger partial charge is 0.457 e. The highest BCUT2D eigenvalue weighted by Crippen LogP contribution is 2.63. The molecule has 0 bridgehead atoms. The molecule has 0 unspecified atom stereocenters. The van der Waals surface area contributed by atoms with Gasteiger partial charge in [-0.1, -0.05) is 48.8 Å². The molecule has 7 heteroatoms. The van der Waals surface area contributed by atoms with Gasteiger partial charge in [0.05, 0.1) is 10.2 Å². The fourth-order valence-corrected chi connectivity index (χ4v) is 7.39. The SMILES string of the molecule is Cc1ccc([P@@](=Nc2ccccc2Br)(Oc2ccc(Br)cc2Br)C(C)(C)C)o1. The topological polar surface area (TPSA) is 34.7 Å². The fraction of sp³-hybridized carbons (Fsp3) is 0.238. The zero-order valence-electron chi connectivity index (χ0n) is 16.0. The molecule has 1 aromatic heterocycles. The van der Waals surface area contributed by atoms with Crippen molar-refractivity contribution in [3.8, 4) is 5.75 Å². The first-order chi connectivity index (χ1) is 13.1. The van der Waals surface area contributed by atoms with E-state index in [9.17, 15) is 0 Å². The summed E-state index contributed by atoms with van der Waals surface area (Å²) < 4.78 is 20.9. The third kappa shape index (κ3) is 4.51. The first-order valence-corrected chi connectivity index (χ1v) is 12.7. The lowest BCUT2D eigenvalue weighted by Gasteiger charge is -2.35. The molecule has 3 nitrogen and oxygen atoms in total. The number of hydrogen-bond donors (Lipinski definition) is 0. The molecule has 148 valence electrons. The molecule has 3 aromatic rings. The molecule has 0 saturated heterocycles. The van der Waals surface area contributed by atoms with Crippen molar-refractivity contribution in [2.45, 2.75) is 32.9 Å². The molecule has 0 spiro atoms. The maximum absolute atomic E-state index is 6.77. The zero-order valence-corrected chi connectivity index (χ0v) is 21.7. The van der Waals surface area contributed by atoms with Gasteiger partial charge < -0.3 is 8.94 Å². The van der Waals surface area contributed by atoms with Crippen LogP contribution < -0.4 is 10.0 Å². The lowest BCUT2D eigenvalue weighted by Crippen LogP contribution is -2.26. The predicted octanol–water partition coefficient (Wildman–Crippen LogP) is 8.83. The minimum atomic E-state index is -2.64. The van der Waals surface area contributed by atoms with Crippen LogP contribution >= 0.6 is 55.1 Å². The van der Waals surface area contributed by atoms with Crippen molar-refractivity contribution in [2.24, 2.45) is 4.74 Å². The number of benzene rings is 2. The average Bonchev–Trinajstić information content (AvgIpc) is 3.04. The van der Waals surface area contributed by atoms with Crippen LogP contribution in [0.1, 0.15) is 26.5 Å². The number of halogens is 3. The van der Waals surface area contributed by atoms with Gasteiger partial charge in [0.25, 0.3) is 0 Å². The normalized spacial score (nSPS) is 13.8. The van der Waals surface area contributed by atoms with E-state index >= 15 is 0 Å². The number of nitrogens with zero attached hydrogens (tertiary/aromatic N) is 1. The van der Waals surface area contributed by atoms with Crippen molar-refractivity contribution in [1.29, 1.82) is 0 Å². The number of hydrogen-bond acceptors (Lipinski definition) is 3. The Kier molecular flexibility index (Phi) is 6.65. The van der Waals surface area contributed by atoms with Gasteiger partial charge in [0, 0.05) is 14.1 Å². The molecule has 0 aliphatic carbocycles. The average molecular weight is 590 g/mol. The summed E-state index contributed by atoms with van der Waals surface area (Å²) in [6.07, 6.45) is 0. The molecular weight excluding hydrogens is 569 g/mol. The van der Waals surface area contributed by atoms with Crippen molar-refractivity contribution in [1.82, 2.24) is 0 Å². The van der Waals surface area contributed by atoms with Crippen LogP contribution in [0, 0.1) is 6.92 Å². The van der Waals surface area contributed by atoms with Gasteiger partial charge >= 0.3 is 0 Å². The van der Waals surface area contributed by atoms with Crippen LogP contribution in [0.5, 0.6) is 5.75 Å². The molecule has 0 radical (unpaired) electrons. The van der Waals surface area contributed by atoms with Crippen molar-refractivity contribution in [2.75, 3.05) is 0 Å². The Balaban J connectivity index is 2.32. The number of aryl methyl sites for hydroxylation is 1. The molecule has 28 heavy (non-hydrogen) atoms. The Bertz CT molecular complexity index is 1050. The van der Waals surface area contributed by atoms with E-state index in [4.69, 9.17) is 13.7 Å². The van der Waals surface area contributed by atoms with Crippen molar-refractivity contribution < 1.29 is 8.94 Å². The van der Waals surface area contributed by atoms with Crippen molar-refractivity contribution >= 4 is 66.3 Å². The molecule has 3 rings (SSSR count). The van der Waals surface area contributed by atoms with Gasteiger partial charge in [0.15, 0.2) is 5.50 Å². The Morgan fingerprint density at radius 1 is 0.929 bits per heavy atom. The van der Waals surface area contributed by atoms with Crippen LogP contribution in [0.25, 0.3) is 0 Å². The Labute approximate surface area is 191 Å². The van der Waals surface area contributed by atoms with Crippen LogP contribution in [0.4, 0.5) is 5.69 Å². The van der Waals surface area contributed by atoms with Gasteiger partial charge in [0.1, 0.15) is 11.5 Å². The van der Waals surface area contributed by atoms with Gasteiger partial charge in [-0.2, -0.15) is 0 Å². The maximum atomic E-state index is 6.77. The first kappa shape index (κ1) is 21.9. The second-order valence-electron chi connectivity index (χ2n) is 7.35. The zero-order chi connectivity index (χ0) is 20.5. The summed E-state index contributed by atoms with van der Waals surface area (Å²) in [5, 5.41) is -0.306. The molecule has 0 aliphatic heterocycles. The van der Waals surface area contributed by atoms with E-state index in [1.165, 1.54) is 0 Å². The van der Waals surface area contributed by atoms with Crippen LogP contribution in [0.15, 0.2) is 77.2 Å². The fourth-order valence-electron chi connectivity index (χ4n) is 2.69. The molecule has 1 atom stereocenters. The second-order valence-corrected chi connectivity index (χ2v) is 13.3. The number of furan rings is 1. The molecule has 0 N–H and O–H groups in total. The van der Waals surface area contributed by atoms with Crippen LogP contribution in [-0.2, 0) is 0 Å². The van der Waals surface area contributed by atoms with E-state index in [1.54, 1.807) is 0 Å². The highest BCUT2D eigenvalue weighted by Gasteiger charge is 2.42. The monoisotopic (exact) mass is 587 g/mol. The van der Waals surface area contributed by atoms with Crippen LogP contribution in [0.3, 0.4) is 0 Å². The van der Waals surface area contributed by atoms with E-state index in [1.807, 2.05) is 61.5 Å². The van der Waals surface area contributed by atoms with Gasteiger partial charge in [-0.15, -0.1) is 0 Å². The molecule has 0 fully saturated rings. The highest BCUT2D eigenvalue weighted by molar-refractivity contribution is 9.11. The lowest BCUT2D eigenvalue weighted by molar-refractivity contribution is 0.525. The minimum absolute atomic E-state index is 0.306. The highest BCUT2D eigenvalue weighted by atomic mass is 79.9. The summed E-state index contributed by atoms with van der Waals surface area (Å²) in [5.41, 5.74) is 1.61. The predicted molar refractivity (Wildman–Crippen MR) is 128 cm³/mol. The van der Waals surface area contributed by atoms with Gasteiger partial charge in [-0.05, 0) is 81.2 Å². The van der Waals surface area contributed by atoms with E-state index < -0.39 is 7.28 Å². The Hall–Kier alpha value is -0.810. The second kappa shape index (κ2) is 8.51. The smallest absolute Gasteiger partial charge is 0.207 e. The summed E-state index contributed by atoms with van der Waals surface area (Å²) in [6, 6.07) is 17.8. The molecule has 0 aliphatic rings. The molecular formula is C21H21Br3NO2P. The van der Waals surface area contributed by atoms with Crippen molar-refractivity contribution in [3.63, 3.8) is 0 Å². The summed E-state index contributed by atoms with van der Waals surface area (Å²) in [5.74, 6) is 1.57. The van der Waals surface area contributed by atoms with E-state index in [2.05, 4.69) is 68.6 Å². The summed E-state index contributed by atoms with van der Waals surface area (Å²) >= 11 is 10.8. The molecule has 0 amide bonds. The van der Waals surface area contributed by atoms with Gasteiger partial charge in [0.2, 0.25) is 7.28 Å². The van der Waals surface area contributed by atoms with E-state index in [0.29, 0.717) is 0 Å². The molecule has 1 heterocycles. The Morgan fingerprint density at radius 3 is 2.21 bits per heavy atom. The third-order valence-electron chi connectivity index (χ3n) is 4.16. The van der Waals surface area contributed by atoms with Crippen molar-refractivity contribution in [3.05, 3.63) is 73.8 Å². The van der Waals surface area contributed by atoms with Crippen LogP contribution in [0.2, 0.25) is 0 Å². The lowest BCUT2D eigenvalue weighted by atomic mass is 10.3. The van der Waals surface area contributed by atoms with Gasteiger partial charge in [-0.25, -0.2) is 4.74 Å². The molecule has 0 saturated carbocycles. The van der Waals surface area contributed by atoms with Crippen LogP contribution in [-0.4, -0.2) is 5.16 Å². The Morgan fingerprint density at radius 2 is 1.64 bits per heavy atom. The molecule has 2 aromatic carbocycles. The summed E-state index contributed by atoms with van der Waals surface area (Å²) in [6.45, 7) is 8.37. The number of rotatable bonds is 4. The van der Waals surface area contributed by atoms with E-state index in [-0.39, 0.29) is 5.16 Å². The standard InChI is InChI=1S/C21H21Br3NO2P/c1-14-9-12-20(26-14)28(21(2,3)4,25-18-8-6-5-7-16(18)23)27-19-11-10-15(22)13-17(19)24/h5-13H,1-4H3/t28-/m1/s1. The first-order valence-electron chi connectivity index (χ1n) is 8.71. The summed E-state index contributed by atoms with van der Waals surface area (Å²) in [7, 11) is -2.64. The summed E-state index contributed by atoms with van der Waals surface area (Å²) in [4.78, 5) is 0. The third-order valence-corrected chi connectivity index (χ3v) is 9.56. The van der Waals surface area contributed by atoms with Gasteiger partial charge in [-0.3, -0.25) is 0 Å².